The smallest absolute Gasteiger partial charge is 0.245 e. The van der Waals surface area contributed by atoms with E-state index in [0.717, 1.165) is 31.2 Å². The number of methoxy groups -OCH3 is 1. The maximum absolute atomic E-state index is 13.1. The van der Waals surface area contributed by atoms with Gasteiger partial charge in [-0.2, -0.15) is 4.72 Å². The Bertz CT molecular complexity index is 944. The second-order valence-corrected chi connectivity index (χ2v) is 9.27. The summed E-state index contributed by atoms with van der Waals surface area (Å²) in [6.45, 7) is 0. The van der Waals surface area contributed by atoms with Crippen LogP contribution in [0.5, 0.6) is 5.75 Å². The van der Waals surface area contributed by atoms with E-state index in [2.05, 4.69) is 10.0 Å². The van der Waals surface area contributed by atoms with E-state index in [1.807, 2.05) is 30.3 Å². The van der Waals surface area contributed by atoms with Gasteiger partial charge in [-0.1, -0.05) is 54.8 Å². The zero-order valence-corrected chi connectivity index (χ0v) is 17.8. The Labute approximate surface area is 176 Å². The maximum atomic E-state index is 13.1. The van der Waals surface area contributed by atoms with E-state index in [1.165, 1.54) is 19.2 Å². The Morgan fingerprint density at radius 2 is 1.86 bits per heavy atom. The SMILES string of the molecule is COc1ccc(Cl)cc1S(=O)(=O)N[C@H](Cc1ccccc1)C(=O)NC1CCCC1. The lowest BCUT2D eigenvalue weighted by Crippen LogP contribution is -2.50. The van der Waals surface area contributed by atoms with Crippen LogP contribution in [-0.4, -0.2) is 33.5 Å². The average Bonchev–Trinajstić information content (AvgIpc) is 3.21. The number of amides is 1. The van der Waals surface area contributed by atoms with Gasteiger partial charge in [-0.25, -0.2) is 8.42 Å². The molecule has 0 spiro atoms. The van der Waals surface area contributed by atoms with Crippen molar-refractivity contribution in [2.75, 3.05) is 7.11 Å². The molecule has 29 heavy (non-hydrogen) atoms. The number of carbonyl (C=O) groups excluding carboxylic acids is 1. The van der Waals surface area contributed by atoms with Gasteiger partial charge in [0.25, 0.3) is 0 Å². The van der Waals surface area contributed by atoms with E-state index >= 15 is 0 Å². The topological polar surface area (TPSA) is 84.5 Å². The molecule has 2 aromatic carbocycles. The molecule has 0 radical (unpaired) electrons. The predicted molar refractivity (Wildman–Crippen MR) is 113 cm³/mol. The van der Waals surface area contributed by atoms with Crippen LogP contribution in [0, 0.1) is 0 Å². The highest BCUT2D eigenvalue weighted by Crippen LogP contribution is 2.27. The van der Waals surface area contributed by atoms with E-state index in [1.54, 1.807) is 6.07 Å². The van der Waals surface area contributed by atoms with Crippen LogP contribution in [-0.2, 0) is 21.2 Å². The largest absolute Gasteiger partial charge is 0.495 e. The summed E-state index contributed by atoms with van der Waals surface area (Å²) in [5.41, 5.74) is 0.861. The first kappa shape index (κ1) is 21.6. The third-order valence-corrected chi connectivity index (χ3v) is 6.74. The number of nitrogens with one attached hydrogen (secondary N) is 2. The minimum absolute atomic E-state index is 0.0889. The van der Waals surface area contributed by atoms with Crippen LogP contribution in [0.3, 0.4) is 0 Å². The standard InChI is InChI=1S/C21H25ClN2O4S/c1-28-19-12-11-16(22)14-20(19)29(26,27)24-18(13-15-7-3-2-4-8-15)21(25)23-17-9-5-6-10-17/h2-4,7-8,11-12,14,17-18,24H,5-6,9-10,13H2,1H3,(H,23,25)/t18-/m1/s1. The van der Waals surface area contributed by atoms with Crippen molar-refractivity contribution in [3.05, 3.63) is 59.1 Å². The molecular weight excluding hydrogens is 412 g/mol. The second kappa shape index (κ2) is 9.61. The molecule has 0 unspecified atom stereocenters. The molecule has 0 aromatic heterocycles. The number of carbonyl (C=O) groups is 1. The van der Waals surface area contributed by atoms with Gasteiger partial charge in [0, 0.05) is 11.1 Å². The van der Waals surface area contributed by atoms with Crippen molar-refractivity contribution < 1.29 is 17.9 Å². The summed E-state index contributed by atoms with van der Waals surface area (Å²) in [4.78, 5) is 12.8. The quantitative estimate of drug-likeness (QED) is 0.665. The van der Waals surface area contributed by atoms with Crippen molar-refractivity contribution >= 4 is 27.5 Å². The number of hydrogen-bond acceptors (Lipinski definition) is 4. The number of rotatable bonds is 8. The summed E-state index contributed by atoms with van der Waals surface area (Å²) in [5, 5.41) is 3.26. The van der Waals surface area contributed by atoms with Crippen LogP contribution in [0.25, 0.3) is 0 Å². The Morgan fingerprint density at radius 1 is 1.17 bits per heavy atom. The van der Waals surface area contributed by atoms with Crippen LogP contribution in [0.1, 0.15) is 31.2 Å². The summed E-state index contributed by atoms with van der Waals surface area (Å²) < 4.78 is 33.9. The van der Waals surface area contributed by atoms with Crippen molar-refractivity contribution in [3.8, 4) is 5.75 Å². The van der Waals surface area contributed by atoms with Crippen molar-refractivity contribution in [2.24, 2.45) is 0 Å². The number of hydrogen-bond donors (Lipinski definition) is 2. The molecule has 0 saturated heterocycles. The van der Waals surface area contributed by atoms with E-state index < -0.39 is 16.1 Å². The van der Waals surface area contributed by atoms with Gasteiger partial charge in [0.1, 0.15) is 16.7 Å². The number of sulfonamides is 1. The molecule has 1 aliphatic carbocycles. The molecule has 2 aromatic rings. The van der Waals surface area contributed by atoms with Crippen molar-refractivity contribution in [3.63, 3.8) is 0 Å². The van der Waals surface area contributed by atoms with Gasteiger partial charge >= 0.3 is 0 Å². The van der Waals surface area contributed by atoms with E-state index in [4.69, 9.17) is 16.3 Å². The predicted octanol–water partition coefficient (Wildman–Crippen LogP) is 3.30. The van der Waals surface area contributed by atoms with Gasteiger partial charge in [0.15, 0.2) is 0 Å². The van der Waals surface area contributed by atoms with Crippen LogP contribution in [0.4, 0.5) is 0 Å². The van der Waals surface area contributed by atoms with Crippen molar-refractivity contribution in [2.45, 2.75) is 49.1 Å². The van der Waals surface area contributed by atoms with Gasteiger partial charge in [-0.3, -0.25) is 4.79 Å². The summed E-state index contributed by atoms with van der Waals surface area (Å²) >= 11 is 6.00. The molecule has 1 saturated carbocycles. The van der Waals surface area contributed by atoms with Gasteiger partial charge < -0.3 is 10.1 Å². The van der Waals surface area contributed by atoms with Crippen LogP contribution in [0.15, 0.2) is 53.4 Å². The Balaban J connectivity index is 1.86. The fourth-order valence-corrected chi connectivity index (χ4v) is 5.15. The molecule has 1 atom stereocenters. The van der Waals surface area contributed by atoms with E-state index in [0.29, 0.717) is 0 Å². The highest BCUT2D eigenvalue weighted by molar-refractivity contribution is 7.89. The monoisotopic (exact) mass is 436 g/mol. The van der Waals surface area contributed by atoms with Crippen molar-refractivity contribution in [1.29, 1.82) is 0 Å². The minimum Gasteiger partial charge on any atom is -0.495 e. The molecule has 8 heteroatoms. The van der Waals surface area contributed by atoms with Crippen LogP contribution in [0.2, 0.25) is 5.02 Å². The molecule has 3 rings (SSSR count). The van der Waals surface area contributed by atoms with E-state index in [9.17, 15) is 13.2 Å². The third-order valence-electron chi connectivity index (χ3n) is 5.01. The lowest BCUT2D eigenvalue weighted by Gasteiger charge is -2.22. The zero-order chi connectivity index (χ0) is 20.9. The van der Waals surface area contributed by atoms with Crippen LogP contribution < -0.4 is 14.8 Å². The van der Waals surface area contributed by atoms with Gasteiger partial charge in [-0.15, -0.1) is 0 Å². The zero-order valence-electron chi connectivity index (χ0n) is 16.2. The van der Waals surface area contributed by atoms with Gasteiger partial charge in [0.2, 0.25) is 15.9 Å². The Morgan fingerprint density at radius 3 is 2.52 bits per heavy atom. The lowest BCUT2D eigenvalue weighted by molar-refractivity contribution is -0.123. The molecule has 2 N–H and O–H groups in total. The molecule has 0 heterocycles. The van der Waals surface area contributed by atoms with Crippen molar-refractivity contribution in [1.82, 2.24) is 10.0 Å². The van der Waals surface area contributed by atoms with Gasteiger partial charge in [-0.05, 0) is 43.0 Å². The number of halogens is 1. The molecule has 1 fully saturated rings. The minimum atomic E-state index is -4.04. The first-order valence-electron chi connectivity index (χ1n) is 9.59. The average molecular weight is 437 g/mol. The maximum Gasteiger partial charge on any atom is 0.245 e. The molecule has 156 valence electrons. The molecular formula is C21H25ClN2O4S. The first-order valence-corrected chi connectivity index (χ1v) is 11.5. The summed E-state index contributed by atoms with van der Waals surface area (Å²) in [6, 6.07) is 12.8. The highest BCUT2D eigenvalue weighted by atomic mass is 35.5. The summed E-state index contributed by atoms with van der Waals surface area (Å²) in [5.74, 6) is -0.165. The fourth-order valence-electron chi connectivity index (χ4n) is 3.52. The number of benzene rings is 2. The molecule has 6 nitrogen and oxygen atoms in total. The third kappa shape index (κ3) is 5.72. The Kier molecular flexibility index (Phi) is 7.16. The number of ether oxygens (including phenoxy) is 1. The van der Waals surface area contributed by atoms with E-state index in [-0.39, 0.29) is 34.0 Å². The molecule has 0 aliphatic heterocycles. The molecule has 0 bridgehead atoms. The molecule has 1 amide bonds. The summed E-state index contributed by atoms with van der Waals surface area (Å²) in [6.07, 6.45) is 4.21. The summed E-state index contributed by atoms with van der Waals surface area (Å²) in [7, 11) is -2.66. The normalized spacial score (nSPS) is 15.8. The lowest BCUT2D eigenvalue weighted by atomic mass is 10.1. The van der Waals surface area contributed by atoms with Crippen LogP contribution >= 0.6 is 11.6 Å². The Hall–Kier alpha value is -2.09. The second-order valence-electron chi connectivity index (χ2n) is 7.15. The fraction of sp³-hybridized carbons (Fsp3) is 0.381. The first-order chi connectivity index (χ1) is 13.9. The molecule has 1 aliphatic rings. The highest BCUT2D eigenvalue weighted by Gasteiger charge is 2.30. The van der Waals surface area contributed by atoms with Gasteiger partial charge in [0.05, 0.1) is 7.11 Å².